The van der Waals surface area contributed by atoms with E-state index in [1.807, 2.05) is 32.0 Å². The van der Waals surface area contributed by atoms with Gasteiger partial charge in [-0.2, -0.15) is 0 Å². The van der Waals surface area contributed by atoms with Crippen LogP contribution in [0.25, 0.3) is 0 Å². The van der Waals surface area contributed by atoms with Gasteiger partial charge in [0, 0.05) is 6.04 Å². The molecule has 4 heteroatoms. The fraction of sp³-hybridized carbons (Fsp3) is 0.533. The number of rotatable bonds is 6. The van der Waals surface area contributed by atoms with Crippen LogP contribution in [0.3, 0.4) is 0 Å². The van der Waals surface area contributed by atoms with Crippen LogP contribution >= 0.6 is 0 Å². The number of nitrogens with two attached hydrogens (primary N) is 1. The van der Waals surface area contributed by atoms with Crippen molar-refractivity contribution < 1.29 is 14.6 Å². The topological polar surface area (TPSA) is 72.5 Å². The molecule has 0 aliphatic carbocycles. The van der Waals surface area contributed by atoms with Crippen LogP contribution < -0.4 is 10.5 Å². The minimum Gasteiger partial charge on any atom is -0.492 e. The van der Waals surface area contributed by atoms with Gasteiger partial charge in [0.05, 0.1) is 5.41 Å². The zero-order chi connectivity index (χ0) is 14.6. The third-order valence-corrected chi connectivity index (χ3v) is 2.99. The summed E-state index contributed by atoms with van der Waals surface area (Å²) in [7, 11) is 0. The van der Waals surface area contributed by atoms with Gasteiger partial charge in [-0.25, -0.2) is 0 Å². The quantitative estimate of drug-likeness (QED) is 0.828. The third-order valence-electron chi connectivity index (χ3n) is 2.99. The third kappa shape index (κ3) is 4.24. The molecule has 0 aliphatic heterocycles. The summed E-state index contributed by atoms with van der Waals surface area (Å²) in [6, 6.07) is 5.92. The van der Waals surface area contributed by atoms with Gasteiger partial charge in [0.15, 0.2) is 0 Å². The molecule has 1 unspecified atom stereocenters. The minimum absolute atomic E-state index is 0.0385. The average Bonchev–Trinajstić information content (AvgIpc) is 2.27. The molecule has 0 heterocycles. The van der Waals surface area contributed by atoms with Crippen LogP contribution in [0.4, 0.5) is 0 Å². The van der Waals surface area contributed by atoms with Crippen molar-refractivity contribution >= 4 is 5.97 Å². The maximum Gasteiger partial charge on any atom is 0.312 e. The van der Waals surface area contributed by atoms with Crippen LogP contribution in [0, 0.1) is 12.3 Å². The van der Waals surface area contributed by atoms with Crippen LogP contribution in [-0.2, 0) is 11.2 Å². The number of carbonyl (C=O) groups is 1. The Labute approximate surface area is 114 Å². The smallest absolute Gasteiger partial charge is 0.312 e. The van der Waals surface area contributed by atoms with Gasteiger partial charge in [0.2, 0.25) is 0 Å². The molecule has 19 heavy (non-hydrogen) atoms. The lowest BCUT2D eigenvalue weighted by Crippen LogP contribution is -2.31. The molecule has 0 saturated carbocycles. The first-order valence-corrected chi connectivity index (χ1v) is 6.44. The molecule has 0 radical (unpaired) electrons. The molecule has 0 aromatic heterocycles. The molecule has 0 spiro atoms. The van der Waals surface area contributed by atoms with Crippen molar-refractivity contribution in [2.75, 3.05) is 6.61 Å². The molecular formula is C15H23NO3. The molecule has 0 saturated heterocycles. The second kappa shape index (κ2) is 6.06. The van der Waals surface area contributed by atoms with E-state index < -0.39 is 11.4 Å². The van der Waals surface area contributed by atoms with Crippen molar-refractivity contribution in [3.63, 3.8) is 0 Å². The molecule has 0 amide bonds. The van der Waals surface area contributed by atoms with E-state index in [1.54, 1.807) is 13.8 Å². The molecule has 3 N–H and O–H groups in total. The number of hydrogen-bond donors (Lipinski definition) is 2. The Morgan fingerprint density at radius 2 is 2.11 bits per heavy atom. The Balaban J connectivity index is 2.91. The number of aryl methyl sites for hydroxylation is 1. The van der Waals surface area contributed by atoms with Crippen molar-refractivity contribution in [1.82, 2.24) is 0 Å². The Morgan fingerprint density at radius 3 is 2.63 bits per heavy atom. The summed E-state index contributed by atoms with van der Waals surface area (Å²) in [5.74, 6) is -0.107. The van der Waals surface area contributed by atoms with E-state index in [-0.39, 0.29) is 12.6 Å². The summed E-state index contributed by atoms with van der Waals surface area (Å²) in [6.45, 7) is 7.33. The Kier molecular flexibility index (Phi) is 4.95. The van der Waals surface area contributed by atoms with Crippen LogP contribution in [0.5, 0.6) is 5.75 Å². The fourth-order valence-electron chi connectivity index (χ4n) is 1.74. The highest BCUT2D eigenvalue weighted by Crippen LogP contribution is 2.27. The monoisotopic (exact) mass is 265 g/mol. The molecule has 106 valence electrons. The van der Waals surface area contributed by atoms with Gasteiger partial charge in [-0.05, 0) is 45.2 Å². The van der Waals surface area contributed by atoms with Crippen LogP contribution in [0.1, 0.15) is 31.9 Å². The lowest BCUT2D eigenvalue weighted by Gasteiger charge is -2.22. The SMILES string of the molecule is Cc1cccc(CC(C)N)c1OCC(C)(C)C(=O)O. The lowest BCUT2D eigenvalue weighted by atomic mass is 9.95. The molecule has 0 fully saturated rings. The van der Waals surface area contributed by atoms with E-state index in [0.717, 1.165) is 16.9 Å². The van der Waals surface area contributed by atoms with Gasteiger partial charge >= 0.3 is 5.97 Å². The summed E-state index contributed by atoms with van der Waals surface area (Å²) in [6.07, 6.45) is 0.713. The number of ether oxygens (including phenoxy) is 1. The average molecular weight is 265 g/mol. The summed E-state index contributed by atoms with van der Waals surface area (Å²) in [4.78, 5) is 11.1. The Hall–Kier alpha value is -1.55. The number of carboxylic acid groups (broad SMARTS) is 1. The number of benzene rings is 1. The van der Waals surface area contributed by atoms with E-state index in [1.165, 1.54) is 0 Å². The second-order valence-electron chi connectivity index (χ2n) is 5.72. The van der Waals surface area contributed by atoms with Gasteiger partial charge in [-0.15, -0.1) is 0 Å². The maximum absolute atomic E-state index is 11.1. The highest BCUT2D eigenvalue weighted by Gasteiger charge is 2.28. The fourth-order valence-corrected chi connectivity index (χ4v) is 1.74. The molecule has 0 aliphatic rings. The number of aliphatic carboxylic acids is 1. The van der Waals surface area contributed by atoms with Crippen LogP contribution in [0.2, 0.25) is 0 Å². The predicted molar refractivity (Wildman–Crippen MR) is 75.4 cm³/mol. The van der Waals surface area contributed by atoms with Gasteiger partial charge in [-0.1, -0.05) is 18.2 Å². The van der Waals surface area contributed by atoms with E-state index in [4.69, 9.17) is 15.6 Å². The molecule has 1 aromatic rings. The summed E-state index contributed by atoms with van der Waals surface area (Å²) < 4.78 is 5.76. The van der Waals surface area contributed by atoms with Gasteiger partial charge in [0.25, 0.3) is 0 Å². The van der Waals surface area contributed by atoms with Crippen molar-refractivity contribution in [3.8, 4) is 5.75 Å². The maximum atomic E-state index is 11.1. The van der Waals surface area contributed by atoms with Crippen LogP contribution in [-0.4, -0.2) is 23.7 Å². The minimum atomic E-state index is -0.909. The Bertz CT molecular complexity index is 453. The first-order chi connectivity index (χ1) is 8.74. The van der Waals surface area contributed by atoms with Crippen molar-refractivity contribution in [2.45, 2.75) is 40.2 Å². The first-order valence-electron chi connectivity index (χ1n) is 6.44. The number of para-hydroxylation sites is 1. The summed E-state index contributed by atoms with van der Waals surface area (Å²) >= 11 is 0. The van der Waals surface area contributed by atoms with Crippen LogP contribution in [0.15, 0.2) is 18.2 Å². The standard InChI is InChI=1S/C15H23NO3/c1-10-6-5-7-12(8-11(2)16)13(10)19-9-15(3,4)14(17)18/h5-7,11H,8-9,16H2,1-4H3,(H,17,18). The molecule has 0 bridgehead atoms. The van der Waals surface area contributed by atoms with E-state index in [9.17, 15) is 4.79 Å². The largest absolute Gasteiger partial charge is 0.492 e. The summed E-state index contributed by atoms with van der Waals surface area (Å²) in [5, 5.41) is 9.10. The first kappa shape index (κ1) is 15.5. The van der Waals surface area contributed by atoms with Gasteiger partial charge in [-0.3, -0.25) is 4.79 Å². The lowest BCUT2D eigenvalue weighted by molar-refractivity contribution is -0.148. The summed E-state index contributed by atoms with van der Waals surface area (Å²) in [5.41, 5.74) is 6.94. The van der Waals surface area contributed by atoms with Gasteiger partial charge < -0.3 is 15.6 Å². The number of carboxylic acids is 1. The van der Waals surface area contributed by atoms with E-state index in [0.29, 0.717) is 6.42 Å². The molecular weight excluding hydrogens is 242 g/mol. The van der Waals surface area contributed by atoms with Crippen molar-refractivity contribution in [3.05, 3.63) is 29.3 Å². The number of hydrogen-bond acceptors (Lipinski definition) is 3. The highest BCUT2D eigenvalue weighted by atomic mass is 16.5. The highest BCUT2D eigenvalue weighted by molar-refractivity contribution is 5.73. The normalized spacial score (nSPS) is 13.1. The van der Waals surface area contributed by atoms with E-state index >= 15 is 0 Å². The molecule has 1 rings (SSSR count). The molecule has 1 atom stereocenters. The van der Waals surface area contributed by atoms with Crippen molar-refractivity contribution in [1.29, 1.82) is 0 Å². The molecule has 4 nitrogen and oxygen atoms in total. The van der Waals surface area contributed by atoms with Gasteiger partial charge in [0.1, 0.15) is 12.4 Å². The molecule has 1 aromatic carbocycles. The predicted octanol–water partition coefficient (Wildman–Crippen LogP) is 2.37. The zero-order valence-corrected chi connectivity index (χ0v) is 12.1. The zero-order valence-electron chi connectivity index (χ0n) is 12.1. The van der Waals surface area contributed by atoms with E-state index in [2.05, 4.69) is 0 Å². The Morgan fingerprint density at radius 1 is 1.47 bits per heavy atom. The van der Waals surface area contributed by atoms with Crippen molar-refractivity contribution in [2.24, 2.45) is 11.1 Å². The second-order valence-corrected chi connectivity index (χ2v) is 5.72.